The first kappa shape index (κ1) is 15.8. The van der Waals surface area contributed by atoms with Crippen molar-refractivity contribution in [2.45, 2.75) is 27.2 Å². The fourth-order valence-corrected chi connectivity index (χ4v) is 2.49. The summed E-state index contributed by atoms with van der Waals surface area (Å²) in [5, 5.41) is 3.39. The van der Waals surface area contributed by atoms with E-state index >= 15 is 0 Å². The predicted molar refractivity (Wildman–Crippen MR) is 89.1 cm³/mol. The molecule has 0 bridgehead atoms. The second-order valence-corrected chi connectivity index (χ2v) is 5.73. The molecular weight excluding hydrogens is 262 g/mol. The van der Waals surface area contributed by atoms with E-state index in [0.29, 0.717) is 19.1 Å². The van der Waals surface area contributed by atoms with Crippen molar-refractivity contribution in [2.24, 2.45) is 10.9 Å². The summed E-state index contributed by atoms with van der Waals surface area (Å²) in [5.41, 5.74) is 2.68. The van der Waals surface area contributed by atoms with Crippen LogP contribution in [0, 0.1) is 5.92 Å². The molecule has 0 aliphatic carbocycles. The number of para-hydroxylation sites is 1. The molecule has 1 heterocycles. The Morgan fingerprint density at radius 1 is 1.38 bits per heavy atom. The van der Waals surface area contributed by atoms with Crippen molar-refractivity contribution in [1.29, 1.82) is 0 Å². The van der Waals surface area contributed by atoms with Gasteiger partial charge in [0.25, 0.3) is 0 Å². The van der Waals surface area contributed by atoms with Crippen LogP contribution in [0.5, 0.6) is 0 Å². The molecule has 0 amide bonds. The van der Waals surface area contributed by atoms with Crippen LogP contribution in [0.1, 0.15) is 26.3 Å². The molecular formula is C17H27N3O. The van der Waals surface area contributed by atoms with Gasteiger partial charge in [0.15, 0.2) is 5.96 Å². The Morgan fingerprint density at radius 3 is 2.95 bits per heavy atom. The van der Waals surface area contributed by atoms with E-state index in [1.807, 2.05) is 0 Å². The number of guanidine groups is 1. The van der Waals surface area contributed by atoms with Gasteiger partial charge in [-0.15, -0.1) is 0 Å². The number of nitrogens with one attached hydrogen (secondary N) is 1. The summed E-state index contributed by atoms with van der Waals surface area (Å²) in [6.07, 6.45) is 1.09. The van der Waals surface area contributed by atoms with Crippen LogP contribution >= 0.6 is 0 Å². The summed E-state index contributed by atoms with van der Waals surface area (Å²) in [6, 6.07) is 8.56. The van der Waals surface area contributed by atoms with Crippen LogP contribution in [-0.4, -0.2) is 38.8 Å². The molecule has 116 valence electrons. The molecule has 1 aliphatic rings. The fraction of sp³-hybridized carbons (Fsp3) is 0.588. The molecule has 0 aromatic heterocycles. The van der Waals surface area contributed by atoms with Crippen molar-refractivity contribution in [1.82, 2.24) is 5.32 Å². The van der Waals surface area contributed by atoms with E-state index in [1.165, 1.54) is 11.3 Å². The monoisotopic (exact) mass is 289 g/mol. The summed E-state index contributed by atoms with van der Waals surface area (Å²) in [7, 11) is 0. The first-order valence-corrected chi connectivity index (χ1v) is 7.94. The minimum atomic E-state index is 0.577. The van der Waals surface area contributed by atoms with Crippen LogP contribution in [0.15, 0.2) is 29.3 Å². The minimum absolute atomic E-state index is 0.577. The third-order valence-corrected chi connectivity index (χ3v) is 3.43. The maximum atomic E-state index is 5.60. The Labute approximate surface area is 128 Å². The summed E-state index contributed by atoms with van der Waals surface area (Å²) < 4.78 is 5.60. The van der Waals surface area contributed by atoms with Crippen LogP contribution in [-0.2, 0) is 11.2 Å². The molecule has 0 spiro atoms. The van der Waals surface area contributed by atoms with Gasteiger partial charge in [-0.3, -0.25) is 4.99 Å². The second-order valence-electron chi connectivity index (χ2n) is 5.73. The zero-order valence-electron chi connectivity index (χ0n) is 13.4. The van der Waals surface area contributed by atoms with Gasteiger partial charge < -0.3 is 15.0 Å². The van der Waals surface area contributed by atoms with Crippen molar-refractivity contribution in [3.63, 3.8) is 0 Å². The number of nitrogens with zero attached hydrogens (tertiary/aromatic N) is 2. The molecule has 1 N–H and O–H groups in total. The first-order chi connectivity index (χ1) is 10.2. The third kappa shape index (κ3) is 4.46. The molecule has 0 atom stereocenters. The van der Waals surface area contributed by atoms with Crippen molar-refractivity contribution in [2.75, 3.05) is 37.7 Å². The molecule has 0 unspecified atom stereocenters. The highest BCUT2D eigenvalue weighted by atomic mass is 16.5. The quantitative estimate of drug-likeness (QED) is 0.497. The second kappa shape index (κ2) is 8.03. The summed E-state index contributed by atoms with van der Waals surface area (Å²) >= 11 is 0. The van der Waals surface area contributed by atoms with Gasteiger partial charge in [0.1, 0.15) is 0 Å². The molecule has 0 saturated carbocycles. The Hall–Kier alpha value is -1.55. The van der Waals surface area contributed by atoms with Gasteiger partial charge in [0.2, 0.25) is 0 Å². The van der Waals surface area contributed by atoms with E-state index < -0.39 is 0 Å². The fourth-order valence-electron chi connectivity index (χ4n) is 2.49. The maximum Gasteiger partial charge on any atom is 0.198 e. The van der Waals surface area contributed by atoms with E-state index in [1.54, 1.807) is 0 Å². The number of benzene rings is 1. The third-order valence-electron chi connectivity index (χ3n) is 3.43. The van der Waals surface area contributed by atoms with Gasteiger partial charge in [-0.25, -0.2) is 0 Å². The molecule has 0 radical (unpaired) electrons. The number of fused-ring (bicyclic) bond motifs is 1. The van der Waals surface area contributed by atoms with E-state index in [0.717, 1.165) is 32.1 Å². The zero-order valence-corrected chi connectivity index (χ0v) is 13.4. The Balaban J connectivity index is 1.96. The Kier molecular flexibility index (Phi) is 6.05. The summed E-state index contributed by atoms with van der Waals surface area (Å²) in [4.78, 5) is 6.98. The topological polar surface area (TPSA) is 36.9 Å². The molecule has 4 nitrogen and oxygen atoms in total. The van der Waals surface area contributed by atoms with Crippen molar-refractivity contribution in [3.8, 4) is 0 Å². The number of rotatable bonds is 6. The highest BCUT2D eigenvalue weighted by Crippen LogP contribution is 2.27. The van der Waals surface area contributed by atoms with Crippen LogP contribution in [0.25, 0.3) is 0 Å². The smallest absolute Gasteiger partial charge is 0.198 e. The summed E-state index contributed by atoms with van der Waals surface area (Å²) in [5.74, 6) is 1.54. The lowest BCUT2D eigenvalue weighted by molar-refractivity contribution is 0.117. The minimum Gasteiger partial charge on any atom is -0.379 e. The average Bonchev–Trinajstić information content (AvgIpc) is 2.89. The molecule has 21 heavy (non-hydrogen) atoms. The predicted octanol–water partition coefficient (Wildman–Crippen LogP) is 2.69. The summed E-state index contributed by atoms with van der Waals surface area (Å²) in [6.45, 7) is 10.5. The number of anilines is 1. The first-order valence-electron chi connectivity index (χ1n) is 7.94. The standard InChI is InChI=1S/C17H27N3O/c1-4-18-17(19-10-12-21-13-14(2)3)20-11-9-15-7-5-6-8-16(15)20/h5-8,14H,4,9-13H2,1-3H3,(H,18,19). The zero-order chi connectivity index (χ0) is 15.1. The van der Waals surface area contributed by atoms with Gasteiger partial charge in [-0.1, -0.05) is 32.0 Å². The van der Waals surface area contributed by atoms with Crippen LogP contribution in [0.4, 0.5) is 5.69 Å². The molecule has 2 rings (SSSR count). The van der Waals surface area contributed by atoms with Crippen molar-refractivity contribution < 1.29 is 4.74 Å². The molecule has 4 heteroatoms. The lowest BCUT2D eigenvalue weighted by Gasteiger charge is -2.22. The average molecular weight is 289 g/mol. The van der Waals surface area contributed by atoms with E-state index in [2.05, 4.69) is 55.3 Å². The van der Waals surface area contributed by atoms with Gasteiger partial charge in [-0.05, 0) is 30.9 Å². The van der Waals surface area contributed by atoms with E-state index in [-0.39, 0.29) is 0 Å². The van der Waals surface area contributed by atoms with Crippen LogP contribution in [0.3, 0.4) is 0 Å². The molecule has 1 aromatic rings. The maximum absolute atomic E-state index is 5.60. The molecule has 0 fully saturated rings. The number of aliphatic imine (C=N–C) groups is 1. The lowest BCUT2D eigenvalue weighted by atomic mass is 10.2. The van der Waals surface area contributed by atoms with Gasteiger partial charge in [-0.2, -0.15) is 0 Å². The van der Waals surface area contributed by atoms with Crippen LogP contribution < -0.4 is 10.2 Å². The van der Waals surface area contributed by atoms with Gasteiger partial charge in [0, 0.05) is 25.4 Å². The van der Waals surface area contributed by atoms with Crippen molar-refractivity contribution >= 4 is 11.6 Å². The molecule has 0 saturated heterocycles. The number of hydrogen-bond donors (Lipinski definition) is 1. The van der Waals surface area contributed by atoms with Gasteiger partial charge in [0.05, 0.1) is 13.2 Å². The van der Waals surface area contributed by atoms with Gasteiger partial charge >= 0.3 is 0 Å². The molecule has 1 aliphatic heterocycles. The Morgan fingerprint density at radius 2 is 2.19 bits per heavy atom. The number of ether oxygens (including phenoxy) is 1. The lowest BCUT2D eigenvalue weighted by Crippen LogP contribution is -2.40. The highest BCUT2D eigenvalue weighted by molar-refractivity contribution is 5.97. The molecule has 1 aromatic carbocycles. The normalized spacial score (nSPS) is 14.7. The number of hydrogen-bond acceptors (Lipinski definition) is 2. The highest BCUT2D eigenvalue weighted by Gasteiger charge is 2.22. The van der Waals surface area contributed by atoms with Crippen LogP contribution in [0.2, 0.25) is 0 Å². The largest absolute Gasteiger partial charge is 0.379 e. The van der Waals surface area contributed by atoms with E-state index in [4.69, 9.17) is 9.73 Å². The Bertz CT molecular complexity index is 471. The SMILES string of the molecule is CCNC(=NCCOCC(C)C)N1CCc2ccccc21. The van der Waals surface area contributed by atoms with Crippen molar-refractivity contribution in [3.05, 3.63) is 29.8 Å². The van der Waals surface area contributed by atoms with E-state index in [9.17, 15) is 0 Å².